The number of phenols is 3. The number of quaternary nitrogens is 1. The predicted octanol–water partition coefficient (Wildman–Crippen LogP) is -3.42. The lowest BCUT2D eigenvalue weighted by Gasteiger charge is -2.39. The molecule has 4 amide bonds. The van der Waals surface area contributed by atoms with Gasteiger partial charge < -0.3 is 66.9 Å². The molecule has 19 nitrogen and oxygen atoms in total. The predicted molar refractivity (Wildman–Crippen MR) is 191 cm³/mol. The summed E-state index contributed by atoms with van der Waals surface area (Å²) < 4.78 is 5.99. The van der Waals surface area contributed by atoms with Gasteiger partial charge in [-0.15, -0.1) is 0 Å². The quantitative estimate of drug-likeness (QED) is 0.0587. The van der Waals surface area contributed by atoms with Gasteiger partial charge in [0.25, 0.3) is 0 Å². The van der Waals surface area contributed by atoms with Crippen LogP contribution in [0.25, 0.3) is 0 Å². The Labute approximate surface area is 310 Å². The van der Waals surface area contributed by atoms with Crippen LogP contribution in [-0.4, -0.2) is 159 Å². The van der Waals surface area contributed by atoms with Gasteiger partial charge in [-0.25, -0.2) is 4.99 Å². The monoisotopic (exact) mass is 761 g/mol. The van der Waals surface area contributed by atoms with Gasteiger partial charge in [-0.05, 0) is 25.1 Å². The number of fused-ring (bicyclic) bond motifs is 1. The van der Waals surface area contributed by atoms with Crippen molar-refractivity contribution < 1.29 is 64.8 Å². The summed E-state index contributed by atoms with van der Waals surface area (Å²) in [6, 6.07) is 2.96. The van der Waals surface area contributed by atoms with Crippen molar-refractivity contribution in [2.24, 2.45) is 4.99 Å². The Morgan fingerprint density at radius 1 is 0.889 bits per heavy atom. The summed E-state index contributed by atoms with van der Waals surface area (Å²) in [5, 5.41) is 90.1. The second-order valence-corrected chi connectivity index (χ2v) is 14.0. The number of para-hydroxylation sites is 1. The SMILES string of the molecule is C[C@@H](O)[C@H](NC(=O)CC(O)CC1OC(c2ccccc2O)=NC1CO)C(=O)N[C@H](CO)C(=O)N[C@@H](CO)C(=O)NC1Cc2cc(O)c(O)cc2[N+](C)(C)C1. The minimum atomic E-state index is -1.68. The number of hydrogen-bond acceptors (Lipinski definition) is 14. The normalized spacial score (nSPS) is 21.6. The molecule has 0 fully saturated rings. The lowest BCUT2D eigenvalue weighted by Crippen LogP contribution is -2.62. The van der Waals surface area contributed by atoms with Crippen LogP contribution in [0.1, 0.15) is 30.9 Å². The number of nitrogens with zero attached hydrogens (tertiary/aromatic N) is 2. The highest BCUT2D eigenvalue weighted by molar-refractivity contribution is 5.98. The Morgan fingerprint density at radius 3 is 2.15 bits per heavy atom. The molecule has 4 unspecified atom stereocenters. The maximum Gasteiger partial charge on any atom is 0.245 e. The molecule has 12 N–H and O–H groups in total. The molecule has 54 heavy (non-hydrogen) atoms. The first-order valence-electron chi connectivity index (χ1n) is 17.3. The zero-order chi connectivity index (χ0) is 39.9. The molecule has 0 saturated heterocycles. The molecule has 2 heterocycles. The Hall–Kier alpha value is -5.05. The zero-order valence-electron chi connectivity index (χ0n) is 30.0. The minimum Gasteiger partial charge on any atom is -0.507 e. The van der Waals surface area contributed by atoms with Crippen LogP contribution in [0.4, 0.5) is 5.69 Å². The van der Waals surface area contributed by atoms with Crippen molar-refractivity contribution in [3.8, 4) is 17.2 Å². The molecule has 2 aliphatic heterocycles. The van der Waals surface area contributed by atoms with E-state index < -0.39 is 98.4 Å². The highest BCUT2D eigenvalue weighted by Gasteiger charge is 2.38. The van der Waals surface area contributed by atoms with Crippen LogP contribution in [-0.2, 0) is 30.3 Å². The van der Waals surface area contributed by atoms with Crippen LogP contribution >= 0.6 is 0 Å². The lowest BCUT2D eigenvalue weighted by atomic mass is 9.95. The van der Waals surface area contributed by atoms with Gasteiger partial charge in [-0.1, -0.05) is 12.1 Å². The summed E-state index contributed by atoms with van der Waals surface area (Å²) >= 11 is 0. The molecule has 4 rings (SSSR count). The van der Waals surface area contributed by atoms with Gasteiger partial charge in [0.1, 0.15) is 48.3 Å². The van der Waals surface area contributed by atoms with E-state index in [-0.39, 0.29) is 46.0 Å². The first kappa shape index (κ1) is 41.7. The van der Waals surface area contributed by atoms with E-state index in [2.05, 4.69) is 26.3 Å². The van der Waals surface area contributed by atoms with E-state index in [0.29, 0.717) is 12.1 Å². The third kappa shape index (κ3) is 10.1. The van der Waals surface area contributed by atoms with Gasteiger partial charge in [0.05, 0.1) is 64.2 Å². The molecule has 8 atom stereocenters. The van der Waals surface area contributed by atoms with Gasteiger partial charge in [0.15, 0.2) is 11.5 Å². The third-order valence-electron chi connectivity index (χ3n) is 9.25. The van der Waals surface area contributed by atoms with Crippen LogP contribution in [0.3, 0.4) is 0 Å². The maximum atomic E-state index is 13.1. The molecule has 0 spiro atoms. The number of benzene rings is 2. The molecule has 0 radical (unpaired) electrons. The standard InChI is InChI=1S/C35H48N6O13/c1-17(45)31(40-30(50)11-20(46)10-29-22(14-42)39-35(54-29)21-6-4-5-7-26(21)47)34(53)38-24(16-44)33(52)37-23(15-43)32(51)36-19-8-18-9-27(48)28(49)12-25(18)41(2,3)13-19/h4-7,9,12,17,19-20,22-24,29,31,42-46H,8,10-11,13-16H2,1-3H3,(H6-,36,37,38,39,40,47,48,49,50,51,52,53)/p+1/t17-,19?,20?,22?,23+,24-,29?,31+/m1/s1. The second kappa shape index (κ2) is 17.9. The highest BCUT2D eigenvalue weighted by Crippen LogP contribution is 2.38. The van der Waals surface area contributed by atoms with Crippen molar-refractivity contribution in [2.75, 3.05) is 40.5 Å². The van der Waals surface area contributed by atoms with Gasteiger partial charge in [-0.2, -0.15) is 0 Å². The minimum absolute atomic E-state index is 0.0521. The van der Waals surface area contributed by atoms with Crippen molar-refractivity contribution in [2.45, 2.75) is 74.7 Å². The summed E-state index contributed by atoms with van der Waals surface area (Å²) in [5.74, 6) is -4.44. The van der Waals surface area contributed by atoms with Gasteiger partial charge in [0, 0.05) is 24.5 Å². The molecule has 2 aliphatic rings. The molecule has 2 aromatic rings. The van der Waals surface area contributed by atoms with E-state index in [4.69, 9.17) is 4.74 Å². The number of hydrogen-bond donors (Lipinski definition) is 12. The largest absolute Gasteiger partial charge is 0.507 e. The summed E-state index contributed by atoms with van der Waals surface area (Å²) in [5.41, 5.74) is 1.68. The molecular weight excluding hydrogens is 712 g/mol. The van der Waals surface area contributed by atoms with E-state index in [0.717, 1.165) is 5.69 Å². The number of carbonyl (C=O) groups is 4. The molecule has 0 aliphatic carbocycles. The van der Waals surface area contributed by atoms with Crippen LogP contribution < -0.4 is 25.8 Å². The van der Waals surface area contributed by atoms with Gasteiger partial charge in [0.2, 0.25) is 29.5 Å². The number of amides is 4. The van der Waals surface area contributed by atoms with E-state index in [9.17, 15) is 60.0 Å². The topological polar surface area (TPSA) is 300 Å². The van der Waals surface area contributed by atoms with E-state index in [1.165, 1.54) is 25.1 Å². The first-order valence-corrected chi connectivity index (χ1v) is 17.3. The number of aliphatic imine (C=N–C) groups is 1. The fraction of sp³-hybridized carbons (Fsp3) is 0.514. The first-order chi connectivity index (χ1) is 25.5. The maximum absolute atomic E-state index is 13.1. The summed E-state index contributed by atoms with van der Waals surface area (Å²) in [6.07, 6.45) is -4.18. The van der Waals surface area contributed by atoms with Crippen LogP contribution in [0.2, 0.25) is 0 Å². The number of aliphatic hydroxyl groups is 5. The second-order valence-electron chi connectivity index (χ2n) is 14.0. The number of carbonyl (C=O) groups excluding carboxylic acids is 4. The van der Waals surface area contributed by atoms with E-state index >= 15 is 0 Å². The number of ether oxygens (including phenoxy) is 1. The molecule has 0 saturated carbocycles. The number of rotatable bonds is 16. The molecular formula is C35H49N6O13+. The van der Waals surface area contributed by atoms with Crippen molar-refractivity contribution in [1.29, 1.82) is 0 Å². The van der Waals surface area contributed by atoms with Crippen LogP contribution in [0.15, 0.2) is 41.4 Å². The number of likely N-dealkylation sites (N-methyl/N-ethyl adjacent to an activating group) is 1. The number of aromatic hydroxyl groups is 3. The van der Waals surface area contributed by atoms with Crippen molar-refractivity contribution in [1.82, 2.24) is 25.8 Å². The highest BCUT2D eigenvalue weighted by atomic mass is 16.5. The number of nitrogens with one attached hydrogen (secondary N) is 4. The number of aliphatic hydroxyl groups excluding tert-OH is 5. The molecule has 296 valence electrons. The van der Waals surface area contributed by atoms with Crippen LogP contribution in [0.5, 0.6) is 17.2 Å². The van der Waals surface area contributed by atoms with E-state index in [1.807, 2.05) is 14.1 Å². The molecule has 0 aromatic heterocycles. The van der Waals surface area contributed by atoms with Gasteiger partial charge >= 0.3 is 0 Å². The Balaban J connectivity index is 1.30. The fourth-order valence-electron chi connectivity index (χ4n) is 6.48. The third-order valence-corrected chi connectivity index (χ3v) is 9.25. The number of phenolic OH excluding ortho intramolecular Hbond substituents is 3. The average molecular weight is 762 g/mol. The zero-order valence-corrected chi connectivity index (χ0v) is 30.0. The Kier molecular flexibility index (Phi) is 13.8. The van der Waals surface area contributed by atoms with Crippen LogP contribution in [0, 0.1) is 0 Å². The molecule has 19 heteroatoms. The van der Waals surface area contributed by atoms with Crippen molar-refractivity contribution >= 4 is 35.2 Å². The summed E-state index contributed by atoms with van der Waals surface area (Å²) in [4.78, 5) is 56.4. The Morgan fingerprint density at radius 2 is 1.52 bits per heavy atom. The lowest BCUT2D eigenvalue weighted by molar-refractivity contribution is -0.136. The van der Waals surface area contributed by atoms with E-state index in [1.54, 1.807) is 18.2 Å². The van der Waals surface area contributed by atoms with Crippen molar-refractivity contribution in [3.63, 3.8) is 0 Å². The summed E-state index contributed by atoms with van der Waals surface area (Å²) in [6.45, 7) is -0.705. The van der Waals surface area contributed by atoms with Crippen molar-refractivity contribution in [3.05, 3.63) is 47.5 Å². The summed E-state index contributed by atoms with van der Waals surface area (Å²) in [7, 11) is 3.67. The molecule has 2 aromatic carbocycles. The Bertz CT molecular complexity index is 1720. The van der Waals surface area contributed by atoms with Gasteiger partial charge in [-0.3, -0.25) is 23.7 Å². The molecule has 0 bridgehead atoms. The smallest absolute Gasteiger partial charge is 0.245 e. The average Bonchev–Trinajstić information content (AvgIpc) is 3.50. The fourth-order valence-corrected chi connectivity index (χ4v) is 6.48.